The number of carbonyl (C=O) groups is 1. The minimum Gasteiger partial charge on any atom is -0.393 e. The second kappa shape index (κ2) is 5.86. The molecule has 3 nitrogen and oxygen atoms in total. The number of benzene rings is 1. The Kier molecular flexibility index (Phi) is 4.76. The van der Waals surface area contributed by atoms with E-state index in [0.29, 0.717) is 18.5 Å². The minimum atomic E-state index is -0.455. The number of halogens is 1. The molecule has 0 spiro atoms. The largest absolute Gasteiger partial charge is 0.393 e. The molecule has 1 amide bonds. The summed E-state index contributed by atoms with van der Waals surface area (Å²) in [6.45, 7) is 2.03. The third-order valence-electron chi connectivity index (χ3n) is 2.06. The molecule has 0 bridgehead atoms. The average Bonchev–Trinajstić information content (AvgIpc) is 2.21. The van der Waals surface area contributed by atoms with Crippen molar-refractivity contribution in [3.63, 3.8) is 0 Å². The summed E-state index contributed by atoms with van der Waals surface area (Å²) >= 11 is 3.89. The van der Waals surface area contributed by atoms with Crippen molar-refractivity contribution in [1.29, 1.82) is 0 Å². The molecule has 2 N–H and O–H groups in total. The van der Waals surface area contributed by atoms with Gasteiger partial charge < -0.3 is 10.4 Å². The van der Waals surface area contributed by atoms with E-state index in [-0.39, 0.29) is 10.8 Å². The molecule has 5 heteroatoms. The van der Waals surface area contributed by atoms with Crippen LogP contribution >= 0.6 is 12.6 Å². The molecule has 0 aromatic heterocycles. The van der Waals surface area contributed by atoms with Crippen LogP contribution in [0.2, 0.25) is 0 Å². The van der Waals surface area contributed by atoms with Gasteiger partial charge in [-0.05, 0) is 31.5 Å². The zero-order chi connectivity index (χ0) is 12.1. The summed E-state index contributed by atoms with van der Waals surface area (Å²) in [5.41, 5.74) is 0.358. The Balaban J connectivity index is 2.56. The third-order valence-corrected chi connectivity index (χ3v) is 2.40. The molecule has 0 aliphatic carbocycles. The highest BCUT2D eigenvalue weighted by molar-refractivity contribution is 7.80. The Bertz CT molecular complexity index is 382. The van der Waals surface area contributed by atoms with Gasteiger partial charge in [-0.25, -0.2) is 4.39 Å². The maximum absolute atomic E-state index is 12.9. The van der Waals surface area contributed by atoms with Crippen LogP contribution in [0.3, 0.4) is 0 Å². The fraction of sp³-hybridized carbons (Fsp3) is 0.364. The average molecular weight is 243 g/mol. The second-order valence-corrected chi connectivity index (χ2v) is 4.04. The van der Waals surface area contributed by atoms with Gasteiger partial charge in [-0.15, -0.1) is 12.6 Å². The van der Waals surface area contributed by atoms with Crippen molar-refractivity contribution in [3.05, 3.63) is 29.6 Å². The van der Waals surface area contributed by atoms with Gasteiger partial charge in [0.15, 0.2) is 0 Å². The second-order valence-electron chi connectivity index (χ2n) is 3.56. The molecule has 0 saturated heterocycles. The molecular weight excluding hydrogens is 229 g/mol. The number of aliphatic hydroxyl groups excluding tert-OH is 1. The van der Waals surface area contributed by atoms with E-state index >= 15 is 0 Å². The third kappa shape index (κ3) is 3.83. The molecule has 1 aromatic carbocycles. The number of rotatable bonds is 4. The van der Waals surface area contributed by atoms with E-state index in [9.17, 15) is 9.18 Å². The van der Waals surface area contributed by atoms with Gasteiger partial charge >= 0.3 is 0 Å². The highest BCUT2D eigenvalue weighted by Crippen LogP contribution is 2.13. The maximum atomic E-state index is 12.9. The number of thiol groups is 1. The quantitative estimate of drug-likeness (QED) is 0.704. The van der Waals surface area contributed by atoms with E-state index in [0.717, 1.165) is 0 Å². The lowest BCUT2D eigenvalue weighted by molar-refractivity contribution is 0.0945. The summed E-state index contributed by atoms with van der Waals surface area (Å²) in [6, 6.07) is 3.97. The smallest absolute Gasteiger partial charge is 0.251 e. The van der Waals surface area contributed by atoms with Crippen molar-refractivity contribution in [2.75, 3.05) is 6.54 Å². The Morgan fingerprint density at radius 3 is 2.88 bits per heavy atom. The van der Waals surface area contributed by atoms with Crippen LogP contribution in [0.4, 0.5) is 4.39 Å². The predicted octanol–water partition coefficient (Wildman–Crippen LogP) is 1.62. The summed E-state index contributed by atoms with van der Waals surface area (Å²) < 4.78 is 12.9. The van der Waals surface area contributed by atoms with E-state index in [2.05, 4.69) is 17.9 Å². The lowest BCUT2D eigenvalue weighted by atomic mass is 10.2. The van der Waals surface area contributed by atoms with Crippen LogP contribution in [0.5, 0.6) is 0 Å². The van der Waals surface area contributed by atoms with Gasteiger partial charge in [0.05, 0.1) is 6.10 Å². The van der Waals surface area contributed by atoms with E-state index in [1.165, 1.54) is 18.2 Å². The predicted molar refractivity (Wildman–Crippen MR) is 62.3 cm³/mol. The number of aliphatic hydroxyl groups is 1. The van der Waals surface area contributed by atoms with Crippen molar-refractivity contribution < 1.29 is 14.3 Å². The zero-order valence-corrected chi connectivity index (χ0v) is 9.80. The van der Waals surface area contributed by atoms with Crippen molar-refractivity contribution in [2.24, 2.45) is 0 Å². The number of carbonyl (C=O) groups excluding carboxylic acids is 1. The molecule has 0 radical (unpaired) electrons. The standard InChI is InChI=1S/C11H14FNO2S/c1-7(14)4-5-13-11(15)8-2-3-9(12)10(16)6-8/h2-3,6-7,14,16H,4-5H2,1H3,(H,13,15). The molecule has 1 atom stereocenters. The molecule has 0 aliphatic heterocycles. The van der Waals surface area contributed by atoms with Gasteiger partial charge in [0.1, 0.15) is 5.82 Å². The molecular formula is C11H14FNO2S. The Labute approximate surface area is 99.1 Å². The van der Waals surface area contributed by atoms with Gasteiger partial charge in [0, 0.05) is 17.0 Å². The SMILES string of the molecule is CC(O)CCNC(=O)c1ccc(F)c(S)c1. The maximum Gasteiger partial charge on any atom is 0.251 e. The Hall–Kier alpha value is -1.07. The molecule has 88 valence electrons. The fourth-order valence-corrected chi connectivity index (χ4v) is 1.36. The number of nitrogens with one attached hydrogen (secondary N) is 1. The first-order valence-corrected chi connectivity index (χ1v) is 5.40. The van der Waals surface area contributed by atoms with Crippen LogP contribution < -0.4 is 5.32 Å². The molecule has 0 heterocycles. The summed E-state index contributed by atoms with van der Waals surface area (Å²) in [5.74, 6) is -0.750. The van der Waals surface area contributed by atoms with Gasteiger partial charge in [0.2, 0.25) is 0 Å². The first-order chi connectivity index (χ1) is 7.50. The summed E-state index contributed by atoms with van der Waals surface area (Å²) in [6.07, 6.45) is 0.0367. The topological polar surface area (TPSA) is 49.3 Å². The van der Waals surface area contributed by atoms with Crippen molar-refractivity contribution in [3.8, 4) is 0 Å². The molecule has 1 unspecified atom stereocenters. The van der Waals surface area contributed by atoms with Gasteiger partial charge in [-0.1, -0.05) is 0 Å². The fourth-order valence-electron chi connectivity index (χ4n) is 1.15. The Morgan fingerprint density at radius 1 is 1.62 bits per heavy atom. The van der Waals surface area contributed by atoms with E-state index in [1.54, 1.807) is 6.92 Å². The Morgan fingerprint density at radius 2 is 2.31 bits per heavy atom. The molecule has 0 aliphatic rings. The number of hydrogen-bond acceptors (Lipinski definition) is 3. The first kappa shape index (κ1) is 13.0. The van der Waals surface area contributed by atoms with Crippen LogP contribution in [0, 0.1) is 5.82 Å². The van der Waals surface area contributed by atoms with Crippen molar-refractivity contribution in [2.45, 2.75) is 24.3 Å². The zero-order valence-electron chi connectivity index (χ0n) is 8.90. The molecule has 1 aromatic rings. The van der Waals surface area contributed by atoms with Crippen LogP contribution in [0.1, 0.15) is 23.7 Å². The summed E-state index contributed by atoms with van der Waals surface area (Å²) in [4.78, 5) is 11.7. The highest BCUT2D eigenvalue weighted by Gasteiger charge is 2.07. The normalized spacial score (nSPS) is 12.2. The van der Waals surface area contributed by atoms with E-state index < -0.39 is 11.9 Å². The van der Waals surface area contributed by atoms with Gasteiger partial charge in [-0.3, -0.25) is 4.79 Å². The lowest BCUT2D eigenvalue weighted by Gasteiger charge is -2.07. The van der Waals surface area contributed by atoms with Crippen molar-refractivity contribution >= 4 is 18.5 Å². The van der Waals surface area contributed by atoms with Gasteiger partial charge in [0.25, 0.3) is 5.91 Å². The molecule has 16 heavy (non-hydrogen) atoms. The van der Waals surface area contributed by atoms with E-state index in [4.69, 9.17) is 5.11 Å². The molecule has 0 saturated carbocycles. The van der Waals surface area contributed by atoms with Crippen LogP contribution in [-0.2, 0) is 0 Å². The van der Waals surface area contributed by atoms with Crippen molar-refractivity contribution in [1.82, 2.24) is 5.32 Å². The van der Waals surface area contributed by atoms with Crippen LogP contribution in [0.15, 0.2) is 23.1 Å². The molecule has 0 fully saturated rings. The number of hydrogen-bond donors (Lipinski definition) is 3. The number of amides is 1. The highest BCUT2D eigenvalue weighted by atomic mass is 32.1. The lowest BCUT2D eigenvalue weighted by Crippen LogP contribution is -2.26. The van der Waals surface area contributed by atoms with Gasteiger partial charge in [-0.2, -0.15) is 0 Å². The summed E-state index contributed by atoms with van der Waals surface area (Å²) in [7, 11) is 0. The summed E-state index contributed by atoms with van der Waals surface area (Å²) in [5, 5.41) is 11.6. The minimum absolute atomic E-state index is 0.142. The first-order valence-electron chi connectivity index (χ1n) is 4.95. The van der Waals surface area contributed by atoms with Crippen LogP contribution in [-0.4, -0.2) is 23.7 Å². The monoisotopic (exact) mass is 243 g/mol. The molecule has 1 rings (SSSR count). The van der Waals surface area contributed by atoms with E-state index in [1.807, 2.05) is 0 Å². The van der Waals surface area contributed by atoms with Crippen LogP contribution in [0.25, 0.3) is 0 Å².